The van der Waals surface area contributed by atoms with E-state index in [0.717, 1.165) is 25.8 Å². The lowest BCUT2D eigenvalue weighted by molar-refractivity contribution is -0.128. The monoisotopic (exact) mass is 325 g/mol. The van der Waals surface area contributed by atoms with E-state index in [1.165, 1.54) is 32.1 Å². The minimum absolute atomic E-state index is 0.116. The van der Waals surface area contributed by atoms with Gasteiger partial charge in [0.05, 0.1) is 5.41 Å². The van der Waals surface area contributed by atoms with Crippen LogP contribution in [0.2, 0.25) is 0 Å². The second kappa shape index (κ2) is 9.69. The number of hydrogen-bond acceptors (Lipinski definition) is 1. The van der Waals surface area contributed by atoms with Crippen LogP contribution in [-0.4, -0.2) is 12.5 Å². The van der Waals surface area contributed by atoms with Gasteiger partial charge in [-0.1, -0.05) is 87.5 Å². The Hall–Kier alpha value is -0.530. The van der Waals surface area contributed by atoms with Crippen molar-refractivity contribution in [3.63, 3.8) is 0 Å². The second-order valence-corrected chi connectivity index (χ2v) is 9.26. The van der Waals surface area contributed by atoms with E-state index < -0.39 is 0 Å². The molecule has 0 heterocycles. The van der Waals surface area contributed by atoms with E-state index in [1.54, 1.807) is 0 Å². The molecule has 1 atom stereocenters. The van der Waals surface area contributed by atoms with Gasteiger partial charge < -0.3 is 5.32 Å². The Kier molecular flexibility index (Phi) is 9.47. The minimum atomic E-state index is -0.116. The molecule has 0 aromatic rings. The van der Waals surface area contributed by atoms with Gasteiger partial charge in [-0.3, -0.25) is 4.79 Å². The predicted octanol–water partition coefficient (Wildman–Crippen LogP) is 6.34. The second-order valence-electron chi connectivity index (χ2n) is 9.26. The molecule has 138 valence electrons. The third-order valence-corrected chi connectivity index (χ3v) is 4.75. The molecule has 0 saturated heterocycles. The zero-order valence-corrected chi connectivity index (χ0v) is 17.3. The van der Waals surface area contributed by atoms with Crippen LogP contribution < -0.4 is 5.32 Å². The zero-order valence-electron chi connectivity index (χ0n) is 17.3. The molecule has 0 aromatic carbocycles. The van der Waals surface area contributed by atoms with Gasteiger partial charge in [0, 0.05) is 6.54 Å². The van der Waals surface area contributed by atoms with Crippen molar-refractivity contribution < 1.29 is 4.79 Å². The Morgan fingerprint density at radius 2 is 1.48 bits per heavy atom. The molecule has 0 aromatic heterocycles. The molecule has 1 aliphatic rings. The summed E-state index contributed by atoms with van der Waals surface area (Å²) in [6.45, 7) is 18.5. The van der Waals surface area contributed by atoms with E-state index in [0.29, 0.717) is 5.91 Å². The number of nitrogens with one attached hydrogen (secondary N) is 1. The molecule has 0 bridgehead atoms. The number of carbonyl (C=O) groups excluding carboxylic acids is 1. The van der Waals surface area contributed by atoms with Gasteiger partial charge in [-0.05, 0) is 30.1 Å². The van der Waals surface area contributed by atoms with Crippen molar-refractivity contribution in [3.05, 3.63) is 0 Å². The van der Waals surface area contributed by atoms with Crippen LogP contribution in [0.5, 0.6) is 0 Å². The number of carbonyl (C=O) groups is 1. The lowest BCUT2D eigenvalue weighted by Gasteiger charge is -2.28. The van der Waals surface area contributed by atoms with Crippen molar-refractivity contribution >= 4 is 5.91 Å². The molecule has 0 aliphatic heterocycles. The van der Waals surface area contributed by atoms with E-state index in [1.807, 2.05) is 0 Å². The summed E-state index contributed by atoms with van der Waals surface area (Å²) in [7, 11) is 0. The Morgan fingerprint density at radius 3 is 1.87 bits per heavy atom. The van der Waals surface area contributed by atoms with Gasteiger partial charge in [0.1, 0.15) is 0 Å². The maximum atomic E-state index is 12.6. The van der Waals surface area contributed by atoms with E-state index in [9.17, 15) is 4.79 Å². The third kappa shape index (κ3) is 7.72. The van der Waals surface area contributed by atoms with E-state index in [2.05, 4.69) is 60.7 Å². The lowest BCUT2D eigenvalue weighted by Crippen LogP contribution is -2.37. The molecule has 0 radical (unpaired) electrons. The van der Waals surface area contributed by atoms with Crippen LogP contribution in [-0.2, 0) is 4.79 Å². The summed E-state index contributed by atoms with van der Waals surface area (Å²) >= 11 is 0. The largest absolute Gasteiger partial charge is 0.356 e. The highest BCUT2D eigenvalue weighted by Crippen LogP contribution is 2.67. The molecule has 1 aliphatic carbocycles. The number of amides is 1. The van der Waals surface area contributed by atoms with Crippen LogP contribution in [0.15, 0.2) is 0 Å². The fourth-order valence-corrected chi connectivity index (χ4v) is 3.48. The van der Waals surface area contributed by atoms with Gasteiger partial charge in [0.2, 0.25) is 5.91 Å². The number of hydrogen-bond donors (Lipinski definition) is 1. The van der Waals surface area contributed by atoms with E-state index in [-0.39, 0.29) is 16.2 Å². The molecule has 1 N–H and O–H groups in total. The summed E-state index contributed by atoms with van der Waals surface area (Å²) in [5, 5.41) is 3.20. The van der Waals surface area contributed by atoms with Gasteiger partial charge >= 0.3 is 0 Å². The van der Waals surface area contributed by atoms with E-state index in [4.69, 9.17) is 0 Å². The molecule has 0 spiro atoms. The Bertz CT molecular complexity index is 340. The van der Waals surface area contributed by atoms with Gasteiger partial charge in [-0.25, -0.2) is 0 Å². The Balaban J connectivity index is 0.00000149. The first-order valence-electron chi connectivity index (χ1n) is 9.84. The molecule has 2 nitrogen and oxygen atoms in total. The number of rotatable bonds is 8. The van der Waals surface area contributed by atoms with Crippen LogP contribution in [0, 0.1) is 16.2 Å². The normalized spacial score (nSPS) is 22.1. The van der Waals surface area contributed by atoms with Crippen LogP contribution in [0.25, 0.3) is 0 Å². The summed E-state index contributed by atoms with van der Waals surface area (Å²) in [6.07, 6.45) is 9.53. The first-order valence-corrected chi connectivity index (χ1v) is 9.84. The number of unbranched alkanes of at least 4 members (excludes halogenated alkanes) is 4. The lowest BCUT2D eigenvalue weighted by atomic mass is 9.78. The standard InChI is InChI=1S/C18H35NO.C3H8/c1-7-8-9-10-11-12-19-15(20)18(13-16(2,3)4)14-17(18,5)6;1-3-2/h7-14H2,1-6H3,(H,19,20);3H2,1-2H3. The van der Waals surface area contributed by atoms with E-state index >= 15 is 0 Å². The van der Waals surface area contributed by atoms with Crippen molar-refractivity contribution in [3.8, 4) is 0 Å². The fourth-order valence-electron chi connectivity index (χ4n) is 3.48. The molecule has 1 amide bonds. The van der Waals surface area contributed by atoms with Crippen molar-refractivity contribution in [2.75, 3.05) is 6.54 Å². The summed E-state index contributed by atoms with van der Waals surface area (Å²) in [4.78, 5) is 12.6. The highest BCUT2D eigenvalue weighted by Gasteiger charge is 2.66. The highest BCUT2D eigenvalue weighted by molar-refractivity contribution is 5.87. The average molecular weight is 326 g/mol. The van der Waals surface area contributed by atoms with Crippen molar-refractivity contribution in [2.24, 2.45) is 16.2 Å². The van der Waals surface area contributed by atoms with Gasteiger partial charge in [0.25, 0.3) is 0 Å². The maximum absolute atomic E-state index is 12.6. The quantitative estimate of drug-likeness (QED) is 0.518. The molecular formula is C21H43NO. The molecule has 1 saturated carbocycles. The smallest absolute Gasteiger partial charge is 0.226 e. The predicted molar refractivity (Wildman–Crippen MR) is 103 cm³/mol. The molecular weight excluding hydrogens is 282 g/mol. The van der Waals surface area contributed by atoms with Crippen molar-refractivity contribution in [1.29, 1.82) is 0 Å². The third-order valence-electron chi connectivity index (χ3n) is 4.75. The van der Waals surface area contributed by atoms with Gasteiger partial charge in [-0.15, -0.1) is 0 Å². The molecule has 1 unspecified atom stereocenters. The molecule has 23 heavy (non-hydrogen) atoms. The van der Waals surface area contributed by atoms with Crippen LogP contribution in [0.3, 0.4) is 0 Å². The first kappa shape index (κ1) is 22.5. The van der Waals surface area contributed by atoms with Crippen molar-refractivity contribution in [1.82, 2.24) is 5.32 Å². The first-order chi connectivity index (χ1) is 10.6. The van der Waals surface area contributed by atoms with Gasteiger partial charge in [-0.2, -0.15) is 0 Å². The topological polar surface area (TPSA) is 29.1 Å². The molecule has 2 heteroatoms. The molecule has 1 fully saturated rings. The van der Waals surface area contributed by atoms with Crippen LogP contribution >= 0.6 is 0 Å². The summed E-state index contributed by atoms with van der Waals surface area (Å²) in [6, 6.07) is 0. The minimum Gasteiger partial charge on any atom is -0.356 e. The molecule has 1 rings (SSSR count). The SMILES string of the molecule is CCC.CCCCCCCNC(=O)C1(CC(C)(C)C)CC1(C)C. The summed E-state index contributed by atoms with van der Waals surface area (Å²) in [5.41, 5.74) is 0.271. The Morgan fingerprint density at radius 1 is 1.00 bits per heavy atom. The van der Waals surface area contributed by atoms with Crippen LogP contribution in [0.4, 0.5) is 0 Å². The average Bonchev–Trinajstić information content (AvgIpc) is 2.94. The zero-order chi connectivity index (χ0) is 18.1. The van der Waals surface area contributed by atoms with Gasteiger partial charge in [0.15, 0.2) is 0 Å². The Labute approximate surface area is 146 Å². The maximum Gasteiger partial charge on any atom is 0.226 e. The summed E-state index contributed by atoms with van der Waals surface area (Å²) in [5.74, 6) is 0.299. The fraction of sp³-hybridized carbons (Fsp3) is 0.952. The van der Waals surface area contributed by atoms with Crippen LogP contribution in [0.1, 0.15) is 107 Å². The highest BCUT2D eigenvalue weighted by atomic mass is 16.2. The summed E-state index contributed by atoms with van der Waals surface area (Å²) < 4.78 is 0. The van der Waals surface area contributed by atoms with Crippen molar-refractivity contribution in [2.45, 2.75) is 107 Å².